The SMILES string of the molecule is CNC(Cc1ccc(O)cc1F)C(=O)N1CCC(F)(F)C1. The Bertz CT molecular complexity index is 537. The van der Waals surface area contributed by atoms with Crippen LogP contribution in [0, 0.1) is 5.82 Å². The van der Waals surface area contributed by atoms with E-state index < -0.39 is 30.2 Å². The summed E-state index contributed by atoms with van der Waals surface area (Å²) in [6, 6.07) is 2.87. The molecule has 1 fully saturated rings. The van der Waals surface area contributed by atoms with Crippen LogP contribution in [0.5, 0.6) is 5.75 Å². The number of alkyl halides is 2. The molecule has 4 nitrogen and oxygen atoms in total. The lowest BCUT2D eigenvalue weighted by Crippen LogP contribution is -2.46. The van der Waals surface area contributed by atoms with Gasteiger partial charge in [0.1, 0.15) is 11.6 Å². The van der Waals surface area contributed by atoms with Crippen LogP contribution in [0.3, 0.4) is 0 Å². The van der Waals surface area contributed by atoms with E-state index in [0.29, 0.717) is 0 Å². The van der Waals surface area contributed by atoms with Crippen LogP contribution in [0.25, 0.3) is 0 Å². The van der Waals surface area contributed by atoms with Gasteiger partial charge in [-0.3, -0.25) is 4.79 Å². The van der Waals surface area contributed by atoms with Gasteiger partial charge in [0.25, 0.3) is 5.92 Å². The zero-order valence-corrected chi connectivity index (χ0v) is 11.6. The lowest BCUT2D eigenvalue weighted by atomic mass is 10.0. The van der Waals surface area contributed by atoms with Gasteiger partial charge in [-0.15, -0.1) is 0 Å². The van der Waals surface area contributed by atoms with Gasteiger partial charge in [0.15, 0.2) is 0 Å². The third-order valence-electron chi connectivity index (χ3n) is 3.59. The number of aromatic hydroxyl groups is 1. The number of hydrogen-bond donors (Lipinski definition) is 2. The molecule has 1 aliphatic heterocycles. The predicted molar refractivity (Wildman–Crippen MR) is 70.8 cm³/mol. The molecule has 1 amide bonds. The normalized spacial score (nSPS) is 18.8. The lowest BCUT2D eigenvalue weighted by Gasteiger charge is -2.23. The molecule has 1 unspecified atom stereocenters. The lowest BCUT2D eigenvalue weighted by molar-refractivity contribution is -0.133. The summed E-state index contributed by atoms with van der Waals surface area (Å²) < 4.78 is 40.0. The fourth-order valence-electron chi connectivity index (χ4n) is 2.38. The van der Waals surface area contributed by atoms with Crippen LogP contribution in [0.1, 0.15) is 12.0 Å². The molecule has 0 bridgehead atoms. The molecule has 0 radical (unpaired) electrons. The molecule has 1 saturated heterocycles. The summed E-state index contributed by atoms with van der Waals surface area (Å²) >= 11 is 0. The topological polar surface area (TPSA) is 52.6 Å². The number of hydrogen-bond acceptors (Lipinski definition) is 3. The van der Waals surface area contributed by atoms with Crippen molar-refractivity contribution in [2.24, 2.45) is 0 Å². The number of halogens is 3. The van der Waals surface area contributed by atoms with Crippen molar-refractivity contribution in [3.63, 3.8) is 0 Å². The smallest absolute Gasteiger partial charge is 0.267 e. The van der Waals surface area contributed by atoms with Crippen LogP contribution in [0.4, 0.5) is 13.2 Å². The van der Waals surface area contributed by atoms with Gasteiger partial charge >= 0.3 is 0 Å². The average Bonchev–Trinajstić information content (AvgIpc) is 2.77. The fraction of sp³-hybridized carbons (Fsp3) is 0.500. The predicted octanol–water partition coefficient (Wildman–Crippen LogP) is 1.53. The highest BCUT2D eigenvalue weighted by Gasteiger charge is 2.41. The fourth-order valence-corrected chi connectivity index (χ4v) is 2.38. The molecule has 2 rings (SSSR count). The average molecular weight is 302 g/mol. The molecule has 1 atom stereocenters. The summed E-state index contributed by atoms with van der Waals surface area (Å²) in [6.07, 6.45) is -0.313. The van der Waals surface area contributed by atoms with E-state index in [9.17, 15) is 18.0 Å². The quantitative estimate of drug-likeness (QED) is 0.887. The van der Waals surface area contributed by atoms with Crippen molar-refractivity contribution in [1.82, 2.24) is 10.2 Å². The van der Waals surface area contributed by atoms with Crippen molar-refractivity contribution in [2.75, 3.05) is 20.1 Å². The monoisotopic (exact) mass is 302 g/mol. The number of benzene rings is 1. The van der Waals surface area contributed by atoms with Crippen LogP contribution >= 0.6 is 0 Å². The maximum atomic E-state index is 13.7. The molecule has 21 heavy (non-hydrogen) atoms. The van der Waals surface area contributed by atoms with Crippen LogP contribution < -0.4 is 5.32 Å². The highest BCUT2D eigenvalue weighted by atomic mass is 19.3. The molecule has 0 aliphatic carbocycles. The molecule has 116 valence electrons. The van der Waals surface area contributed by atoms with Crippen molar-refractivity contribution < 1.29 is 23.1 Å². The van der Waals surface area contributed by atoms with Crippen molar-refractivity contribution in [3.8, 4) is 5.75 Å². The Morgan fingerprint density at radius 1 is 1.52 bits per heavy atom. The van der Waals surface area contributed by atoms with E-state index in [1.807, 2.05) is 0 Å². The maximum absolute atomic E-state index is 13.7. The summed E-state index contributed by atoms with van der Waals surface area (Å²) in [4.78, 5) is 13.3. The second-order valence-electron chi connectivity index (χ2n) is 5.19. The Balaban J connectivity index is 2.07. The highest BCUT2D eigenvalue weighted by molar-refractivity contribution is 5.82. The third kappa shape index (κ3) is 3.66. The number of phenols is 1. The van der Waals surface area contributed by atoms with Crippen LogP contribution in [-0.4, -0.2) is 48.0 Å². The van der Waals surface area contributed by atoms with Gasteiger partial charge in [-0.05, 0) is 25.1 Å². The Kier molecular flexibility index (Phi) is 4.41. The van der Waals surface area contributed by atoms with Crippen LogP contribution in [-0.2, 0) is 11.2 Å². The molecule has 1 aromatic rings. The largest absolute Gasteiger partial charge is 0.508 e. The molecule has 1 heterocycles. The standard InChI is InChI=1S/C14H17F3N2O2/c1-18-12(6-9-2-3-10(20)7-11(9)15)13(21)19-5-4-14(16,17)8-19/h2-3,7,12,18,20H,4-6,8H2,1H3. The number of carbonyl (C=O) groups excluding carboxylic acids is 1. The van der Waals surface area contributed by atoms with Crippen molar-refractivity contribution in [3.05, 3.63) is 29.6 Å². The second kappa shape index (κ2) is 5.93. The number of likely N-dealkylation sites (tertiary alicyclic amines) is 1. The Morgan fingerprint density at radius 2 is 2.24 bits per heavy atom. The van der Waals surface area contributed by atoms with Gasteiger partial charge in [0, 0.05) is 19.0 Å². The first kappa shape index (κ1) is 15.6. The first-order chi connectivity index (χ1) is 9.82. The minimum Gasteiger partial charge on any atom is -0.508 e. The van der Waals surface area contributed by atoms with E-state index in [1.165, 1.54) is 19.2 Å². The Labute approximate surface area is 120 Å². The van der Waals surface area contributed by atoms with E-state index in [4.69, 9.17) is 5.11 Å². The number of nitrogens with zero attached hydrogens (tertiary/aromatic N) is 1. The number of likely N-dealkylation sites (N-methyl/N-ethyl adjacent to an activating group) is 1. The molecule has 0 saturated carbocycles. The summed E-state index contributed by atoms with van der Waals surface area (Å²) in [5.41, 5.74) is 0.242. The molecule has 0 spiro atoms. The third-order valence-corrected chi connectivity index (χ3v) is 3.59. The van der Waals surface area contributed by atoms with Crippen LogP contribution in [0.2, 0.25) is 0 Å². The molecular weight excluding hydrogens is 285 g/mol. The number of nitrogens with one attached hydrogen (secondary N) is 1. The molecule has 1 aliphatic rings. The Hall–Kier alpha value is -1.76. The number of rotatable bonds is 4. The second-order valence-corrected chi connectivity index (χ2v) is 5.19. The van der Waals surface area contributed by atoms with Gasteiger partial charge in [0.05, 0.1) is 12.6 Å². The minimum atomic E-state index is -2.85. The van der Waals surface area contributed by atoms with E-state index >= 15 is 0 Å². The summed E-state index contributed by atoms with van der Waals surface area (Å²) in [7, 11) is 1.52. The van der Waals surface area contributed by atoms with Crippen molar-refractivity contribution in [1.29, 1.82) is 0 Å². The van der Waals surface area contributed by atoms with E-state index in [-0.39, 0.29) is 30.7 Å². The van der Waals surface area contributed by atoms with Crippen molar-refractivity contribution >= 4 is 5.91 Å². The van der Waals surface area contributed by atoms with Gasteiger partial charge < -0.3 is 15.3 Å². The number of phenolic OH excluding ortho intramolecular Hbond substituents is 1. The van der Waals surface area contributed by atoms with Gasteiger partial charge in [-0.1, -0.05) is 6.07 Å². The maximum Gasteiger partial charge on any atom is 0.267 e. The van der Waals surface area contributed by atoms with E-state index in [0.717, 1.165) is 11.0 Å². The number of carbonyl (C=O) groups is 1. The minimum absolute atomic E-state index is 0.00206. The molecular formula is C14H17F3N2O2. The van der Waals surface area contributed by atoms with Crippen LogP contribution in [0.15, 0.2) is 18.2 Å². The zero-order chi connectivity index (χ0) is 15.6. The van der Waals surface area contributed by atoms with Crippen molar-refractivity contribution in [2.45, 2.75) is 24.8 Å². The highest BCUT2D eigenvalue weighted by Crippen LogP contribution is 2.27. The van der Waals surface area contributed by atoms with Gasteiger partial charge in [0.2, 0.25) is 5.91 Å². The first-order valence-electron chi connectivity index (χ1n) is 6.64. The molecule has 1 aromatic carbocycles. The van der Waals surface area contributed by atoms with Gasteiger partial charge in [-0.2, -0.15) is 0 Å². The molecule has 2 N–H and O–H groups in total. The van der Waals surface area contributed by atoms with Gasteiger partial charge in [-0.25, -0.2) is 13.2 Å². The van der Waals surface area contributed by atoms with E-state index in [2.05, 4.69) is 5.32 Å². The summed E-state index contributed by atoms with van der Waals surface area (Å²) in [6.45, 7) is -0.593. The Morgan fingerprint density at radius 3 is 2.76 bits per heavy atom. The van der Waals surface area contributed by atoms with E-state index in [1.54, 1.807) is 0 Å². The summed E-state index contributed by atoms with van der Waals surface area (Å²) in [5, 5.41) is 11.9. The zero-order valence-electron chi connectivity index (χ0n) is 11.6. The molecule has 7 heteroatoms. The number of amides is 1. The first-order valence-corrected chi connectivity index (χ1v) is 6.64. The summed E-state index contributed by atoms with van der Waals surface area (Å²) in [5.74, 6) is -4.16. The molecule has 0 aromatic heterocycles.